The van der Waals surface area contributed by atoms with Gasteiger partial charge in [-0.3, -0.25) is 4.79 Å². The summed E-state index contributed by atoms with van der Waals surface area (Å²) in [6.07, 6.45) is 3.93. The summed E-state index contributed by atoms with van der Waals surface area (Å²) < 4.78 is 10.6. The van der Waals surface area contributed by atoms with Gasteiger partial charge >= 0.3 is 0 Å². The summed E-state index contributed by atoms with van der Waals surface area (Å²) in [4.78, 5) is 14.0. The van der Waals surface area contributed by atoms with Crippen LogP contribution in [0.15, 0.2) is 24.3 Å². The number of carbonyl (C=O) groups is 1. The molecule has 1 saturated heterocycles. The lowest BCUT2D eigenvalue weighted by atomic mass is 9.77. The Labute approximate surface area is 137 Å². The molecule has 5 heteroatoms. The van der Waals surface area contributed by atoms with E-state index in [0.717, 1.165) is 42.8 Å². The molecule has 1 saturated carbocycles. The quantitative estimate of drug-likeness (QED) is 0.748. The zero-order valence-corrected chi connectivity index (χ0v) is 13.8. The molecule has 126 valence electrons. The lowest BCUT2D eigenvalue weighted by Gasteiger charge is -2.28. The molecule has 0 spiro atoms. The second-order valence-electron chi connectivity index (χ2n) is 6.56. The van der Waals surface area contributed by atoms with Crippen LogP contribution in [0.3, 0.4) is 0 Å². The van der Waals surface area contributed by atoms with E-state index in [1.165, 1.54) is 33.0 Å². The molecule has 1 aromatic rings. The Morgan fingerprint density at radius 2 is 1.91 bits per heavy atom. The molecule has 0 radical (unpaired) electrons. The average Bonchev–Trinajstić information content (AvgIpc) is 2.81. The van der Waals surface area contributed by atoms with Crippen LogP contribution in [-0.2, 0) is 9.53 Å². The molecule has 2 atom stereocenters. The number of nitrogens with zero attached hydrogens (tertiary/aromatic N) is 1. The fourth-order valence-corrected chi connectivity index (χ4v) is 3.48. The third kappa shape index (κ3) is 4.45. The molecule has 5 nitrogen and oxygen atoms in total. The molecule has 0 aromatic heterocycles. The smallest absolute Gasteiger partial charge is 0.250 e. The van der Waals surface area contributed by atoms with Gasteiger partial charge in [0.1, 0.15) is 12.4 Å². The number of rotatable bonds is 8. The van der Waals surface area contributed by atoms with Crippen molar-refractivity contribution in [3.63, 3.8) is 0 Å². The van der Waals surface area contributed by atoms with Gasteiger partial charge in [0, 0.05) is 32.4 Å². The molecule has 2 unspecified atom stereocenters. The second-order valence-corrected chi connectivity index (χ2v) is 6.56. The van der Waals surface area contributed by atoms with Crippen molar-refractivity contribution in [3.8, 4) is 5.75 Å². The molecular weight excluding hydrogens is 292 g/mol. The van der Waals surface area contributed by atoms with Crippen LogP contribution in [0.1, 0.15) is 19.3 Å². The summed E-state index contributed by atoms with van der Waals surface area (Å²) >= 11 is 0. The van der Waals surface area contributed by atoms with Crippen LogP contribution in [0.5, 0.6) is 5.75 Å². The van der Waals surface area contributed by atoms with Crippen LogP contribution >= 0.6 is 0 Å². The lowest BCUT2D eigenvalue weighted by molar-refractivity contribution is -0.119. The summed E-state index contributed by atoms with van der Waals surface area (Å²) in [5, 5.41) is 2.76. The van der Waals surface area contributed by atoms with Gasteiger partial charge in [-0.1, -0.05) is 0 Å². The maximum absolute atomic E-state index is 11.4. The molecule has 2 fully saturated rings. The van der Waals surface area contributed by atoms with Gasteiger partial charge in [-0.2, -0.15) is 0 Å². The van der Waals surface area contributed by atoms with Gasteiger partial charge in [0.15, 0.2) is 0 Å². The molecule has 0 bridgehead atoms. The molecule has 23 heavy (non-hydrogen) atoms. The third-order valence-electron chi connectivity index (χ3n) is 4.86. The van der Waals surface area contributed by atoms with Gasteiger partial charge < -0.3 is 19.7 Å². The molecule has 1 N–H and O–H groups in total. The highest BCUT2D eigenvalue weighted by Crippen LogP contribution is 2.40. The number of ether oxygens (including phenoxy) is 2. The molecule has 2 aliphatic rings. The fourth-order valence-electron chi connectivity index (χ4n) is 3.48. The van der Waals surface area contributed by atoms with Gasteiger partial charge in [0.05, 0.1) is 6.61 Å². The van der Waals surface area contributed by atoms with E-state index in [4.69, 9.17) is 9.47 Å². The van der Waals surface area contributed by atoms with Gasteiger partial charge in [-0.25, -0.2) is 0 Å². The first-order valence-corrected chi connectivity index (χ1v) is 8.48. The van der Waals surface area contributed by atoms with Crippen molar-refractivity contribution in [2.45, 2.75) is 19.3 Å². The Balaban J connectivity index is 1.33. The number of benzene rings is 1. The minimum absolute atomic E-state index is 0.0659. The maximum atomic E-state index is 11.4. The van der Waals surface area contributed by atoms with Crippen molar-refractivity contribution in [1.82, 2.24) is 4.90 Å². The Hall–Kier alpha value is -1.59. The highest BCUT2D eigenvalue weighted by atomic mass is 16.5. The minimum Gasteiger partial charge on any atom is -0.494 e. The van der Waals surface area contributed by atoms with E-state index in [0.29, 0.717) is 0 Å². The minimum atomic E-state index is -0.152. The van der Waals surface area contributed by atoms with Crippen molar-refractivity contribution in [1.29, 1.82) is 0 Å². The normalized spacial score (nSPS) is 23.2. The zero-order valence-electron chi connectivity index (χ0n) is 13.8. The van der Waals surface area contributed by atoms with Crippen molar-refractivity contribution in [2.24, 2.45) is 11.8 Å². The molecular formula is C18H26N2O3. The van der Waals surface area contributed by atoms with Crippen LogP contribution in [0.4, 0.5) is 5.69 Å². The van der Waals surface area contributed by atoms with Crippen molar-refractivity contribution < 1.29 is 14.3 Å². The van der Waals surface area contributed by atoms with E-state index in [2.05, 4.69) is 10.2 Å². The third-order valence-corrected chi connectivity index (χ3v) is 4.86. The Bertz CT molecular complexity index is 506. The van der Waals surface area contributed by atoms with Crippen LogP contribution in [0.2, 0.25) is 0 Å². The summed E-state index contributed by atoms with van der Waals surface area (Å²) in [5.74, 6) is 2.66. The topological polar surface area (TPSA) is 50.8 Å². The first-order valence-electron chi connectivity index (χ1n) is 8.48. The summed E-state index contributed by atoms with van der Waals surface area (Å²) in [6, 6.07) is 7.47. The van der Waals surface area contributed by atoms with E-state index in [-0.39, 0.29) is 12.5 Å². The molecule has 3 rings (SSSR count). The first kappa shape index (κ1) is 16.3. The molecule has 1 amide bonds. The number of likely N-dealkylation sites (tertiary alicyclic amines) is 1. The molecule has 1 aromatic carbocycles. The standard InChI is InChI=1S/C18H26N2O3/c1-22-13-18(21)19-16-5-7-17(8-6-16)23-10-2-9-20-11-14-3-4-15(14)12-20/h5-8,14-15H,2-4,9-13H2,1H3,(H,19,21). The van der Waals surface area contributed by atoms with Crippen molar-refractivity contribution in [3.05, 3.63) is 24.3 Å². The number of anilines is 1. The molecule has 1 heterocycles. The van der Waals surface area contributed by atoms with Gasteiger partial charge in [-0.05, 0) is 55.4 Å². The van der Waals surface area contributed by atoms with Crippen molar-refractivity contribution >= 4 is 11.6 Å². The van der Waals surface area contributed by atoms with E-state index in [9.17, 15) is 4.79 Å². The Morgan fingerprint density at radius 1 is 1.22 bits per heavy atom. The number of nitrogens with one attached hydrogen (secondary N) is 1. The lowest BCUT2D eigenvalue weighted by Crippen LogP contribution is -2.23. The highest BCUT2D eigenvalue weighted by molar-refractivity contribution is 5.91. The summed E-state index contributed by atoms with van der Waals surface area (Å²) in [6.45, 7) is 4.52. The number of amides is 1. The fraction of sp³-hybridized carbons (Fsp3) is 0.611. The largest absolute Gasteiger partial charge is 0.494 e. The SMILES string of the molecule is COCC(=O)Nc1ccc(OCCCN2CC3CCC3C2)cc1. The van der Waals surface area contributed by atoms with E-state index in [1.54, 1.807) is 0 Å². The van der Waals surface area contributed by atoms with Gasteiger partial charge in [0.2, 0.25) is 5.91 Å². The van der Waals surface area contributed by atoms with E-state index in [1.807, 2.05) is 24.3 Å². The first-order chi connectivity index (χ1) is 11.2. The number of fused-ring (bicyclic) bond motifs is 1. The summed E-state index contributed by atoms with van der Waals surface area (Å²) in [5.41, 5.74) is 0.756. The number of methoxy groups -OCH3 is 1. The van der Waals surface area contributed by atoms with Crippen LogP contribution < -0.4 is 10.1 Å². The number of hydrogen-bond acceptors (Lipinski definition) is 4. The van der Waals surface area contributed by atoms with Crippen LogP contribution in [0, 0.1) is 11.8 Å². The molecule has 1 aliphatic heterocycles. The highest BCUT2D eigenvalue weighted by Gasteiger charge is 2.38. The average molecular weight is 318 g/mol. The number of hydrogen-bond donors (Lipinski definition) is 1. The second kappa shape index (κ2) is 7.79. The number of carbonyl (C=O) groups excluding carboxylic acids is 1. The van der Waals surface area contributed by atoms with E-state index < -0.39 is 0 Å². The van der Waals surface area contributed by atoms with Gasteiger partial charge in [0.25, 0.3) is 0 Å². The molecule has 1 aliphatic carbocycles. The van der Waals surface area contributed by atoms with Crippen LogP contribution in [0.25, 0.3) is 0 Å². The Kier molecular flexibility index (Phi) is 5.51. The summed E-state index contributed by atoms with van der Waals surface area (Å²) in [7, 11) is 1.50. The predicted octanol–water partition coefficient (Wildman–Crippen LogP) is 2.38. The van der Waals surface area contributed by atoms with Crippen LogP contribution in [-0.4, -0.2) is 50.8 Å². The maximum Gasteiger partial charge on any atom is 0.250 e. The monoisotopic (exact) mass is 318 g/mol. The van der Waals surface area contributed by atoms with Gasteiger partial charge in [-0.15, -0.1) is 0 Å². The van der Waals surface area contributed by atoms with Crippen molar-refractivity contribution in [2.75, 3.05) is 45.3 Å². The predicted molar refractivity (Wildman–Crippen MR) is 89.7 cm³/mol. The zero-order chi connectivity index (χ0) is 16.1. The Morgan fingerprint density at radius 3 is 2.52 bits per heavy atom. The van der Waals surface area contributed by atoms with E-state index >= 15 is 0 Å².